The quantitative estimate of drug-likeness (QED) is 0.807. The van der Waals surface area contributed by atoms with Crippen LogP contribution in [0.4, 0.5) is 5.69 Å². The number of benzene rings is 2. The first-order valence-corrected chi connectivity index (χ1v) is 9.17. The fraction of sp³-hybridized carbons (Fsp3) is 0.211. The summed E-state index contributed by atoms with van der Waals surface area (Å²) in [7, 11) is 0. The van der Waals surface area contributed by atoms with Crippen molar-refractivity contribution in [2.45, 2.75) is 13.8 Å². The Morgan fingerprint density at radius 3 is 2.35 bits per heavy atom. The van der Waals surface area contributed by atoms with Gasteiger partial charge in [0, 0.05) is 10.6 Å². The lowest BCUT2D eigenvalue weighted by atomic mass is 10.1. The number of aryl methyl sites for hydroxylation is 1. The summed E-state index contributed by atoms with van der Waals surface area (Å²) in [6.45, 7) is 3.01. The maximum absolute atomic E-state index is 12.7. The van der Waals surface area contributed by atoms with Gasteiger partial charge in [-0.05, 0) is 31.0 Å². The molecule has 0 unspecified atom stereocenters. The summed E-state index contributed by atoms with van der Waals surface area (Å²) in [6, 6.07) is 12.0. The molecule has 0 saturated heterocycles. The maximum Gasteiger partial charge on any atom is 0.323 e. The number of carbonyl (C=O) groups is 3. The molecule has 0 aliphatic heterocycles. The van der Waals surface area contributed by atoms with E-state index in [1.54, 1.807) is 56.3 Å². The van der Waals surface area contributed by atoms with Gasteiger partial charge in [0.2, 0.25) is 11.0 Å². The van der Waals surface area contributed by atoms with Crippen LogP contribution < -0.4 is 4.90 Å². The second-order valence-corrected chi connectivity index (χ2v) is 7.01. The van der Waals surface area contributed by atoms with Crippen LogP contribution in [-0.2, 0) is 9.59 Å². The molecule has 2 rings (SSSR count). The fourth-order valence-corrected chi connectivity index (χ4v) is 3.38. The average Bonchev–Trinajstić information content (AvgIpc) is 2.62. The van der Waals surface area contributed by atoms with Crippen LogP contribution in [0.2, 0.25) is 5.02 Å². The Hall–Kier alpha value is -2.31. The molecule has 0 heterocycles. The number of aliphatic carboxylic acids is 1. The summed E-state index contributed by atoms with van der Waals surface area (Å²) in [5.74, 6) is -1.77. The highest BCUT2D eigenvalue weighted by Gasteiger charge is 2.24. The third-order valence-corrected chi connectivity index (χ3v) is 5.07. The van der Waals surface area contributed by atoms with Crippen molar-refractivity contribution in [1.29, 1.82) is 0 Å². The lowest BCUT2D eigenvalue weighted by Gasteiger charge is -2.25. The highest BCUT2D eigenvalue weighted by molar-refractivity contribution is 8.14. The fourth-order valence-electron chi connectivity index (χ4n) is 2.52. The number of hydrogen-bond acceptors (Lipinski definition) is 4. The molecule has 0 saturated carbocycles. The number of carbonyl (C=O) groups excluding carboxylic acids is 2. The van der Waals surface area contributed by atoms with Crippen molar-refractivity contribution in [3.05, 3.63) is 64.2 Å². The Labute approximate surface area is 161 Å². The predicted octanol–water partition coefficient (Wildman–Crippen LogP) is 3.95. The molecule has 1 amide bonds. The van der Waals surface area contributed by atoms with E-state index < -0.39 is 18.4 Å². The molecule has 2 aromatic rings. The number of thioether (sulfide) groups is 1. The van der Waals surface area contributed by atoms with Gasteiger partial charge in [-0.1, -0.05) is 59.8 Å². The molecule has 0 aromatic heterocycles. The molecule has 0 aliphatic rings. The van der Waals surface area contributed by atoms with Gasteiger partial charge < -0.3 is 5.11 Å². The van der Waals surface area contributed by atoms with Gasteiger partial charge in [-0.25, -0.2) is 0 Å². The van der Waals surface area contributed by atoms with Gasteiger partial charge in [-0.2, -0.15) is 0 Å². The van der Waals surface area contributed by atoms with Crippen molar-refractivity contribution in [1.82, 2.24) is 0 Å². The Morgan fingerprint density at radius 1 is 1.08 bits per heavy atom. The standard InChI is InChI=1S/C19H18ClNO4S/c1-12-8-9-15(20)13(2)18(12)21(10-17(23)24)16(22)11-26-19(25)14-6-4-3-5-7-14/h3-9H,10-11H2,1-2H3,(H,23,24). The van der Waals surface area contributed by atoms with Crippen LogP contribution in [0.5, 0.6) is 0 Å². The van der Waals surface area contributed by atoms with E-state index in [-0.39, 0.29) is 10.9 Å². The predicted molar refractivity (Wildman–Crippen MR) is 104 cm³/mol. The minimum absolute atomic E-state index is 0.160. The van der Waals surface area contributed by atoms with E-state index in [4.69, 9.17) is 11.6 Å². The Balaban J connectivity index is 2.22. The van der Waals surface area contributed by atoms with E-state index in [0.29, 0.717) is 21.8 Å². The number of anilines is 1. The van der Waals surface area contributed by atoms with Crippen molar-refractivity contribution in [3.8, 4) is 0 Å². The first-order valence-electron chi connectivity index (χ1n) is 7.81. The van der Waals surface area contributed by atoms with Gasteiger partial charge in [-0.3, -0.25) is 19.3 Å². The van der Waals surface area contributed by atoms with Crippen LogP contribution in [0, 0.1) is 13.8 Å². The second kappa shape index (κ2) is 8.87. The van der Waals surface area contributed by atoms with Crippen LogP contribution >= 0.6 is 23.4 Å². The summed E-state index contributed by atoms with van der Waals surface area (Å²) in [5.41, 5.74) is 2.32. The smallest absolute Gasteiger partial charge is 0.323 e. The highest BCUT2D eigenvalue weighted by Crippen LogP contribution is 2.31. The number of rotatable bonds is 6. The van der Waals surface area contributed by atoms with Crippen LogP contribution in [0.3, 0.4) is 0 Å². The number of carboxylic acid groups (broad SMARTS) is 1. The van der Waals surface area contributed by atoms with Gasteiger partial charge in [0.1, 0.15) is 6.54 Å². The van der Waals surface area contributed by atoms with Crippen molar-refractivity contribution in [3.63, 3.8) is 0 Å². The molecule has 0 fully saturated rings. The molecular weight excluding hydrogens is 374 g/mol. The molecule has 0 radical (unpaired) electrons. The summed E-state index contributed by atoms with van der Waals surface area (Å²) < 4.78 is 0. The van der Waals surface area contributed by atoms with Crippen LogP contribution in [0.1, 0.15) is 21.5 Å². The Kier molecular flexibility index (Phi) is 6.83. The minimum Gasteiger partial charge on any atom is -0.480 e. The highest BCUT2D eigenvalue weighted by atomic mass is 35.5. The minimum atomic E-state index is -1.14. The average molecular weight is 392 g/mol. The molecule has 0 atom stereocenters. The lowest BCUT2D eigenvalue weighted by molar-refractivity contribution is -0.136. The van der Waals surface area contributed by atoms with E-state index in [2.05, 4.69) is 0 Å². The number of nitrogens with zero attached hydrogens (tertiary/aromatic N) is 1. The van der Waals surface area contributed by atoms with Crippen molar-refractivity contribution >= 4 is 46.0 Å². The summed E-state index contributed by atoms with van der Waals surface area (Å²) in [6.07, 6.45) is 0. The second-order valence-electron chi connectivity index (χ2n) is 5.65. The topological polar surface area (TPSA) is 74.7 Å². The van der Waals surface area contributed by atoms with E-state index in [1.807, 2.05) is 0 Å². The summed E-state index contributed by atoms with van der Waals surface area (Å²) >= 11 is 6.98. The van der Waals surface area contributed by atoms with Crippen molar-refractivity contribution < 1.29 is 19.5 Å². The van der Waals surface area contributed by atoms with Gasteiger partial charge in [0.25, 0.3) is 0 Å². The monoisotopic (exact) mass is 391 g/mol. The van der Waals surface area contributed by atoms with Crippen LogP contribution in [0.15, 0.2) is 42.5 Å². The van der Waals surface area contributed by atoms with Gasteiger partial charge in [0.15, 0.2) is 0 Å². The normalized spacial score (nSPS) is 10.4. The SMILES string of the molecule is Cc1ccc(Cl)c(C)c1N(CC(=O)O)C(=O)CSC(=O)c1ccccc1. The van der Waals surface area contributed by atoms with E-state index in [0.717, 1.165) is 17.3 Å². The van der Waals surface area contributed by atoms with E-state index in [9.17, 15) is 19.5 Å². The number of hydrogen-bond donors (Lipinski definition) is 1. The lowest BCUT2D eigenvalue weighted by Crippen LogP contribution is -2.38. The number of carboxylic acids is 1. The molecule has 1 N–H and O–H groups in total. The summed E-state index contributed by atoms with van der Waals surface area (Å²) in [4.78, 5) is 37.3. The molecule has 2 aromatic carbocycles. The molecule has 26 heavy (non-hydrogen) atoms. The van der Waals surface area contributed by atoms with Crippen LogP contribution in [0.25, 0.3) is 0 Å². The first kappa shape index (κ1) is 20.0. The zero-order chi connectivity index (χ0) is 19.3. The number of amides is 1. The molecule has 0 spiro atoms. The Morgan fingerprint density at radius 2 is 1.73 bits per heavy atom. The zero-order valence-corrected chi connectivity index (χ0v) is 15.9. The largest absolute Gasteiger partial charge is 0.480 e. The maximum atomic E-state index is 12.7. The molecule has 0 aliphatic carbocycles. The molecule has 0 bridgehead atoms. The summed E-state index contributed by atoms with van der Waals surface area (Å²) in [5, 5.41) is 9.40. The first-order chi connectivity index (χ1) is 12.3. The Bertz CT molecular complexity index is 839. The molecule has 136 valence electrons. The zero-order valence-electron chi connectivity index (χ0n) is 14.4. The van der Waals surface area contributed by atoms with Gasteiger partial charge in [-0.15, -0.1) is 0 Å². The van der Waals surface area contributed by atoms with Crippen molar-refractivity contribution in [2.24, 2.45) is 0 Å². The van der Waals surface area contributed by atoms with Gasteiger partial charge >= 0.3 is 5.97 Å². The van der Waals surface area contributed by atoms with Crippen LogP contribution in [-0.4, -0.2) is 34.4 Å². The van der Waals surface area contributed by atoms with Gasteiger partial charge in [0.05, 0.1) is 11.4 Å². The molecule has 5 nitrogen and oxygen atoms in total. The van der Waals surface area contributed by atoms with E-state index in [1.165, 1.54) is 4.90 Å². The van der Waals surface area contributed by atoms with Crippen molar-refractivity contribution in [2.75, 3.05) is 17.2 Å². The third-order valence-electron chi connectivity index (χ3n) is 3.77. The molecular formula is C19H18ClNO4S. The molecule has 7 heteroatoms. The third kappa shape index (κ3) is 4.86. The number of halogens is 1. The van der Waals surface area contributed by atoms with E-state index >= 15 is 0 Å².